The predicted molar refractivity (Wildman–Crippen MR) is 267 cm³/mol. The molecule has 1 aromatic heterocycles. The van der Waals surface area contributed by atoms with Crippen LogP contribution in [0.3, 0.4) is 0 Å². The number of nitrogens with two attached hydrogens (primary N) is 1. The number of carbonyl (C=O) groups is 3. The van der Waals surface area contributed by atoms with Gasteiger partial charge in [-0.05, 0) is 114 Å². The predicted octanol–water partition coefficient (Wildman–Crippen LogP) is 12.5. The lowest BCUT2D eigenvalue weighted by atomic mass is 10.0. The summed E-state index contributed by atoms with van der Waals surface area (Å²) < 4.78 is 23.2. The van der Waals surface area contributed by atoms with Gasteiger partial charge in [-0.1, -0.05) is 108 Å². The van der Waals surface area contributed by atoms with Crippen molar-refractivity contribution in [1.82, 2.24) is 4.98 Å². The largest absolute Gasteiger partial charge is 0.506 e. The first-order valence-corrected chi connectivity index (χ1v) is 22.2. The Morgan fingerprint density at radius 1 is 0.606 bits per heavy atom. The molecule has 0 atom stereocenters. The Balaban J connectivity index is 0.000000176. The van der Waals surface area contributed by atoms with Crippen molar-refractivity contribution in [2.45, 2.75) is 6.42 Å². The zero-order valence-corrected chi connectivity index (χ0v) is 40.0. The Hall–Kier alpha value is -7.20. The number of aromatic amines is 1. The maximum atomic E-state index is 12.5. The number of amides is 1. The minimum Gasteiger partial charge on any atom is -0.506 e. The minimum atomic E-state index is -0.509. The van der Waals surface area contributed by atoms with Crippen molar-refractivity contribution in [3.63, 3.8) is 0 Å². The molecule has 15 heteroatoms. The van der Waals surface area contributed by atoms with E-state index >= 15 is 0 Å². The van der Waals surface area contributed by atoms with Crippen LogP contribution in [-0.4, -0.2) is 42.2 Å². The van der Waals surface area contributed by atoms with Gasteiger partial charge in [-0.25, -0.2) is 9.59 Å². The molecular formula is C51H40Br3N3O9. The highest BCUT2D eigenvalue weighted by Gasteiger charge is 2.16. The number of hydrogen-bond acceptors (Lipinski definition) is 10. The highest BCUT2D eigenvalue weighted by atomic mass is 79.9. The zero-order chi connectivity index (χ0) is 47.2. The molecule has 0 radical (unpaired) electrons. The van der Waals surface area contributed by atoms with Crippen LogP contribution in [0.1, 0.15) is 26.3 Å². The zero-order valence-electron chi connectivity index (χ0n) is 35.2. The molecule has 5 N–H and O–H groups in total. The summed E-state index contributed by atoms with van der Waals surface area (Å²) in [5.74, 6) is 1.63. The van der Waals surface area contributed by atoms with Crippen molar-refractivity contribution in [3.8, 4) is 39.9 Å². The molecule has 0 bridgehead atoms. The second-order valence-electron chi connectivity index (χ2n) is 14.0. The summed E-state index contributed by atoms with van der Waals surface area (Å²) in [5.41, 5.74) is 8.99. The third-order valence-corrected chi connectivity index (χ3v) is 10.9. The number of rotatable bonds is 10. The number of nitrogen functional groups attached to an aromatic ring is 1. The lowest BCUT2D eigenvalue weighted by Gasteiger charge is -2.11. The number of benzene rings is 7. The van der Waals surface area contributed by atoms with E-state index in [9.17, 15) is 24.3 Å². The van der Waals surface area contributed by atoms with Crippen LogP contribution < -0.4 is 26.1 Å². The van der Waals surface area contributed by atoms with Gasteiger partial charge in [0, 0.05) is 24.5 Å². The molecule has 66 heavy (non-hydrogen) atoms. The molecule has 0 aliphatic rings. The topological polar surface area (TPSA) is 179 Å². The maximum Gasteiger partial charge on any atom is 0.339 e. The van der Waals surface area contributed by atoms with Gasteiger partial charge in [-0.2, -0.15) is 0 Å². The van der Waals surface area contributed by atoms with E-state index < -0.39 is 11.9 Å². The fourth-order valence-corrected chi connectivity index (χ4v) is 7.35. The average Bonchev–Trinajstić information content (AvgIpc) is 3.31. The van der Waals surface area contributed by atoms with E-state index in [2.05, 4.69) is 62.8 Å². The van der Waals surface area contributed by atoms with E-state index in [0.717, 1.165) is 30.5 Å². The quantitative estimate of drug-likeness (QED) is 0.0761. The Morgan fingerprint density at radius 3 is 1.65 bits per heavy atom. The number of halogens is 3. The molecule has 0 aliphatic heterocycles. The first-order valence-electron chi connectivity index (χ1n) is 19.8. The summed E-state index contributed by atoms with van der Waals surface area (Å²) in [4.78, 5) is 50.6. The number of aromatic hydroxyl groups is 1. The molecule has 0 spiro atoms. The Labute approximate surface area is 404 Å². The van der Waals surface area contributed by atoms with Crippen molar-refractivity contribution < 1.29 is 38.4 Å². The standard InChI is InChI=1S/C22H18BrNO4.C21H14BrNO3.C8H8BrNO2/c1-27-22(26)19-12-9-16(23)14-20(19)24-21(25)13-15-7-10-18(11-8-15)28-17-5-3-2-4-6-17;22-14-8-11-17-18(12-14)23-21(25)19(20(17)24)13-6-9-16(10-7-13)26-15-4-2-1-3-5-15;1-12-8(11)6-3-2-5(9)4-7(6)10/h2-12,14H,13H2,1H3,(H,24,25);1-12H,(H2,23,24,25);2-4H,10H2,1H3. The van der Waals surface area contributed by atoms with Gasteiger partial charge in [0.15, 0.2) is 0 Å². The van der Waals surface area contributed by atoms with Crippen molar-refractivity contribution in [2.75, 3.05) is 25.3 Å². The molecule has 8 rings (SSSR count). The summed E-state index contributed by atoms with van der Waals surface area (Å²) >= 11 is 9.94. The molecular weight excluding hydrogens is 1040 g/mol. The first kappa shape index (κ1) is 48.3. The molecule has 1 amide bonds. The van der Waals surface area contributed by atoms with E-state index in [1.54, 1.807) is 72.8 Å². The number of anilines is 2. The molecule has 0 unspecified atom stereocenters. The number of esters is 2. The molecule has 334 valence electrons. The normalized spacial score (nSPS) is 10.3. The molecule has 8 aromatic rings. The number of carbonyl (C=O) groups excluding carboxylic acids is 3. The van der Waals surface area contributed by atoms with E-state index in [4.69, 9.17) is 19.9 Å². The molecule has 0 saturated carbocycles. The SMILES string of the molecule is COC(=O)c1ccc(Br)cc1N.COC(=O)c1ccc(Br)cc1NC(=O)Cc1ccc(Oc2ccccc2)cc1.O=c1[nH]c2cc(Br)ccc2c(O)c1-c1ccc(Oc2ccccc2)cc1. The van der Waals surface area contributed by atoms with E-state index in [0.29, 0.717) is 50.5 Å². The molecule has 0 saturated heterocycles. The lowest BCUT2D eigenvalue weighted by molar-refractivity contribution is -0.115. The summed E-state index contributed by atoms with van der Waals surface area (Å²) in [6, 6.07) is 48.6. The molecule has 0 fully saturated rings. The second kappa shape index (κ2) is 23.1. The van der Waals surface area contributed by atoms with Gasteiger partial charge >= 0.3 is 11.9 Å². The van der Waals surface area contributed by atoms with Gasteiger partial charge in [0.1, 0.15) is 28.7 Å². The van der Waals surface area contributed by atoms with Crippen molar-refractivity contribution in [2.24, 2.45) is 0 Å². The third-order valence-electron chi connectivity index (χ3n) is 9.42. The molecule has 0 aliphatic carbocycles. The molecule has 1 heterocycles. The fourth-order valence-electron chi connectivity index (χ4n) is 6.25. The smallest absolute Gasteiger partial charge is 0.339 e. The number of fused-ring (bicyclic) bond motifs is 1. The minimum absolute atomic E-state index is 0.0343. The van der Waals surface area contributed by atoms with Gasteiger partial charge in [0.2, 0.25) is 5.91 Å². The van der Waals surface area contributed by atoms with Crippen LogP contribution in [0, 0.1) is 0 Å². The summed E-state index contributed by atoms with van der Waals surface area (Å²) in [7, 11) is 2.62. The number of methoxy groups -OCH3 is 2. The first-order chi connectivity index (χ1) is 31.8. The third kappa shape index (κ3) is 13.2. The van der Waals surface area contributed by atoms with E-state index in [1.807, 2.05) is 91.0 Å². The number of ether oxygens (including phenoxy) is 4. The summed E-state index contributed by atoms with van der Waals surface area (Å²) in [5, 5.41) is 14.0. The molecule has 12 nitrogen and oxygen atoms in total. The average molecular weight is 1080 g/mol. The number of hydrogen-bond donors (Lipinski definition) is 4. The number of aromatic nitrogens is 1. The van der Waals surface area contributed by atoms with Crippen molar-refractivity contribution in [3.05, 3.63) is 204 Å². The van der Waals surface area contributed by atoms with Gasteiger partial charge in [-0.15, -0.1) is 0 Å². The van der Waals surface area contributed by atoms with E-state index in [-0.39, 0.29) is 29.2 Å². The van der Waals surface area contributed by atoms with Crippen LogP contribution in [-0.2, 0) is 20.7 Å². The number of nitrogens with one attached hydrogen (secondary N) is 2. The van der Waals surface area contributed by atoms with Crippen LogP contribution in [0.25, 0.3) is 22.0 Å². The monoisotopic (exact) mass is 1080 g/mol. The van der Waals surface area contributed by atoms with Gasteiger partial charge in [0.05, 0.1) is 48.5 Å². The van der Waals surface area contributed by atoms with Gasteiger partial charge < -0.3 is 40.1 Å². The fraction of sp³-hybridized carbons (Fsp3) is 0.0588. The Kier molecular flexibility index (Phi) is 16.9. The van der Waals surface area contributed by atoms with Crippen molar-refractivity contribution >= 4 is 87.9 Å². The Morgan fingerprint density at radius 2 is 1.09 bits per heavy atom. The number of para-hydroxylation sites is 2. The number of H-pyrrole nitrogens is 1. The van der Waals surface area contributed by atoms with Gasteiger partial charge in [0.25, 0.3) is 5.56 Å². The summed E-state index contributed by atoms with van der Waals surface area (Å²) in [6.45, 7) is 0. The Bertz CT molecular complexity index is 3020. The number of pyridine rings is 1. The van der Waals surface area contributed by atoms with Crippen LogP contribution in [0.4, 0.5) is 11.4 Å². The maximum absolute atomic E-state index is 12.5. The van der Waals surface area contributed by atoms with Crippen LogP contribution in [0.5, 0.6) is 28.7 Å². The van der Waals surface area contributed by atoms with Crippen LogP contribution >= 0.6 is 47.8 Å². The highest BCUT2D eigenvalue weighted by molar-refractivity contribution is 9.11. The van der Waals surface area contributed by atoms with Crippen LogP contribution in [0.2, 0.25) is 0 Å². The van der Waals surface area contributed by atoms with Crippen LogP contribution in [0.15, 0.2) is 182 Å². The highest BCUT2D eigenvalue weighted by Crippen LogP contribution is 2.34. The summed E-state index contributed by atoms with van der Waals surface area (Å²) in [6.07, 6.45) is 0.165. The lowest BCUT2D eigenvalue weighted by Crippen LogP contribution is -2.17. The molecule has 7 aromatic carbocycles. The second-order valence-corrected chi connectivity index (χ2v) is 16.7. The van der Waals surface area contributed by atoms with E-state index in [1.165, 1.54) is 14.2 Å². The van der Waals surface area contributed by atoms with Crippen molar-refractivity contribution in [1.29, 1.82) is 0 Å². The van der Waals surface area contributed by atoms with Gasteiger partial charge in [-0.3, -0.25) is 9.59 Å².